The zero-order valence-corrected chi connectivity index (χ0v) is 13.6. The summed E-state index contributed by atoms with van der Waals surface area (Å²) in [4.78, 5) is 25.3. The van der Waals surface area contributed by atoms with Crippen LogP contribution in [0.1, 0.15) is 19.8 Å². The molecule has 6 nitrogen and oxygen atoms in total. The fourth-order valence-electron chi connectivity index (χ4n) is 3.51. The number of allylic oxidation sites excluding steroid dienone is 2. The minimum absolute atomic E-state index is 0.0540. The van der Waals surface area contributed by atoms with Crippen LogP contribution in [0.3, 0.4) is 0 Å². The second-order valence-electron chi connectivity index (χ2n) is 5.66. The molecule has 0 N–H and O–H groups in total. The van der Waals surface area contributed by atoms with Crippen LogP contribution in [0.25, 0.3) is 0 Å². The molecule has 0 bridgehead atoms. The van der Waals surface area contributed by atoms with Gasteiger partial charge in [-0.3, -0.25) is 9.59 Å². The highest BCUT2D eigenvalue weighted by molar-refractivity contribution is 6.03. The van der Waals surface area contributed by atoms with Crippen molar-refractivity contribution >= 4 is 11.8 Å². The van der Waals surface area contributed by atoms with E-state index in [4.69, 9.17) is 18.9 Å². The Morgan fingerprint density at radius 3 is 2.36 bits per heavy atom. The molecule has 2 atom stereocenters. The van der Waals surface area contributed by atoms with Crippen molar-refractivity contribution in [1.82, 2.24) is 0 Å². The van der Waals surface area contributed by atoms with Crippen LogP contribution in [0.15, 0.2) is 23.5 Å². The lowest BCUT2D eigenvalue weighted by atomic mass is 9.59. The summed E-state index contributed by atoms with van der Waals surface area (Å²) in [6.45, 7) is 1.96. The van der Waals surface area contributed by atoms with Crippen molar-refractivity contribution in [3.63, 3.8) is 0 Å². The molecule has 0 unspecified atom stereocenters. The minimum atomic E-state index is -1.57. The molecule has 122 valence electrons. The Morgan fingerprint density at radius 1 is 1.23 bits per heavy atom. The monoisotopic (exact) mass is 310 g/mol. The van der Waals surface area contributed by atoms with E-state index in [1.807, 2.05) is 13.0 Å². The van der Waals surface area contributed by atoms with Gasteiger partial charge in [0.05, 0.1) is 14.2 Å². The van der Waals surface area contributed by atoms with Gasteiger partial charge >= 0.3 is 5.97 Å². The molecule has 0 spiro atoms. The van der Waals surface area contributed by atoms with Crippen molar-refractivity contribution in [2.45, 2.75) is 25.6 Å². The van der Waals surface area contributed by atoms with Crippen LogP contribution in [0.5, 0.6) is 0 Å². The number of hydrogen-bond acceptors (Lipinski definition) is 6. The van der Waals surface area contributed by atoms with Gasteiger partial charge in [-0.2, -0.15) is 0 Å². The predicted molar refractivity (Wildman–Crippen MR) is 77.8 cm³/mol. The highest BCUT2D eigenvalue weighted by Crippen LogP contribution is 2.53. The maximum Gasteiger partial charge on any atom is 0.316 e. The van der Waals surface area contributed by atoms with E-state index < -0.39 is 28.9 Å². The van der Waals surface area contributed by atoms with Crippen LogP contribution in [-0.4, -0.2) is 46.0 Å². The van der Waals surface area contributed by atoms with Gasteiger partial charge in [0.15, 0.2) is 5.76 Å². The molecule has 0 saturated carbocycles. The molecule has 0 radical (unpaired) electrons. The van der Waals surface area contributed by atoms with Gasteiger partial charge < -0.3 is 18.9 Å². The van der Waals surface area contributed by atoms with E-state index in [9.17, 15) is 9.59 Å². The maximum atomic E-state index is 12.7. The first-order valence-corrected chi connectivity index (χ1v) is 7.07. The van der Waals surface area contributed by atoms with Gasteiger partial charge in [-0.25, -0.2) is 0 Å². The number of ether oxygens (including phenoxy) is 4. The Hall–Kier alpha value is -1.66. The van der Waals surface area contributed by atoms with Crippen LogP contribution in [0, 0.1) is 11.3 Å². The summed E-state index contributed by atoms with van der Waals surface area (Å²) < 4.78 is 21.2. The lowest BCUT2D eigenvalue weighted by Crippen LogP contribution is -2.61. The van der Waals surface area contributed by atoms with Gasteiger partial charge in [-0.15, -0.1) is 0 Å². The highest BCUT2D eigenvalue weighted by Gasteiger charge is 2.64. The van der Waals surface area contributed by atoms with E-state index in [2.05, 4.69) is 0 Å². The smallest absolute Gasteiger partial charge is 0.316 e. The maximum absolute atomic E-state index is 12.7. The van der Waals surface area contributed by atoms with Crippen LogP contribution in [0.2, 0.25) is 0 Å². The van der Waals surface area contributed by atoms with Crippen LogP contribution in [0.4, 0.5) is 0 Å². The second-order valence-corrected chi connectivity index (χ2v) is 5.66. The van der Waals surface area contributed by atoms with Crippen molar-refractivity contribution in [3.05, 3.63) is 23.5 Å². The largest absolute Gasteiger partial charge is 0.493 e. The number of esters is 1. The molecule has 22 heavy (non-hydrogen) atoms. The Bertz CT molecular complexity index is 543. The fraction of sp³-hybridized carbons (Fsp3) is 0.625. The van der Waals surface area contributed by atoms with Gasteiger partial charge in [-0.1, -0.05) is 11.6 Å². The van der Waals surface area contributed by atoms with Crippen LogP contribution >= 0.6 is 0 Å². The molecule has 6 heteroatoms. The molecule has 0 fully saturated rings. The van der Waals surface area contributed by atoms with Crippen LogP contribution in [-0.2, 0) is 28.5 Å². The summed E-state index contributed by atoms with van der Waals surface area (Å²) >= 11 is 0. The number of fused-ring (bicyclic) bond motifs is 1. The lowest BCUT2D eigenvalue weighted by Gasteiger charge is -2.49. The molecule has 0 aromatic rings. The molecule has 0 aliphatic heterocycles. The van der Waals surface area contributed by atoms with Crippen molar-refractivity contribution in [2.24, 2.45) is 11.3 Å². The average molecular weight is 310 g/mol. The molecular formula is C16H22O6. The number of carbonyl (C=O) groups is 2. The SMILES string of the molecule is COC(=O)[C@]12C=C(OC)C(=O)C(OC)(OC)[C@H]1CC(C)=CC2. The first-order valence-electron chi connectivity index (χ1n) is 7.07. The lowest BCUT2D eigenvalue weighted by molar-refractivity contribution is -0.249. The number of methoxy groups -OCH3 is 4. The number of carbonyl (C=O) groups excluding carboxylic acids is 2. The number of ketones is 1. The predicted octanol–water partition coefficient (Wildman–Crippen LogP) is 1.60. The number of rotatable bonds is 4. The Labute approximate surface area is 130 Å². The second kappa shape index (κ2) is 5.85. The molecule has 0 saturated heterocycles. The summed E-state index contributed by atoms with van der Waals surface area (Å²) in [5.74, 6) is -2.87. The van der Waals surface area contributed by atoms with Gasteiger partial charge in [0, 0.05) is 20.1 Å². The summed E-state index contributed by atoms with van der Waals surface area (Å²) in [6, 6.07) is 0. The van der Waals surface area contributed by atoms with Crippen molar-refractivity contribution < 1.29 is 28.5 Å². The van der Waals surface area contributed by atoms with E-state index in [0.717, 1.165) is 5.57 Å². The molecule has 0 amide bonds. The summed E-state index contributed by atoms with van der Waals surface area (Å²) in [6.07, 6.45) is 4.44. The third-order valence-electron chi connectivity index (χ3n) is 4.72. The third-order valence-corrected chi connectivity index (χ3v) is 4.72. The highest BCUT2D eigenvalue weighted by atomic mass is 16.7. The van der Waals surface area contributed by atoms with E-state index in [-0.39, 0.29) is 5.76 Å². The Morgan fingerprint density at radius 2 is 1.86 bits per heavy atom. The quantitative estimate of drug-likeness (QED) is 0.446. The topological polar surface area (TPSA) is 71.1 Å². The third kappa shape index (κ3) is 2.09. The van der Waals surface area contributed by atoms with Gasteiger partial charge in [0.25, 0.3) is 5.78 Å². The summed E-state index contributed by atoms with van der Waals surface area (Å²) in [5, 5.41) is 0. The van der Waals surface area contributed by atoms with Gasteiger partial charge in [-0.05, 0) is 25.8 Å². The van der Waals surface area contributed by atoms with Crippen molar-refractivity contribution in [1.29, 1.82) is 0 Å². The molecule has 2 rings (SSSR count). The average Bonchev–Trinajstić information content (AvgIpc) is 2.54. The van der Waals surface area contributed by atoms with Crippen molar-refractivity contribution in [3.8, 4) is 0 Å². The molecule has 0 aromatic heterocycles. The van der Waals surface area contributed by atoms with Gasteiger partial charge in [0.2, 0.25) is 5.79 Å². The van der Waals surface area contributed by atoms with Crippen molar-refractivity contribution in [2.75, 3.05) is 28.4 Å². The fourth-order valence-corrected chi connectivity index (χ4v) is 3.51. The number of Topliss-reactive ketones (excluding diaryl/α,β-unsaturated/α-hetero) is 1. The Kier molecular flexibility index (Phi) is 4.44. The van der Waals surface area contributed by atoms with Crippen LogP contribution < -0.4 is 0 Å². The first kappa shape index (κ1) is 16.7. The normalized spacial score (nSPS) is 30.0. The molecular weight excluding hydrogens is 288 g/mol. The summed E-state index contributed by atoms with van der Waals surface area (Å²) in [5.41, 5.74) is 0.0320. The minimum Gasteiger partial charge on any atom is -0.493 e. The zero-order chi connectivity index (χ0) is 16.5. The van der Waals surface area contributed by atoms with E-state index in [1.54, 1.807) is 6.08 Å². The standard InChI is InChI=1S/C16H22O6/c1-10-6-7-15(14(18)20-3)9-11(19-2)13(17)16(21-4,22-5)12(15)8-10/h6,9,12H,7-8H2,1-5H3/t12-,15+/m0/s1. The van der Waals surface area contributed by atoms with E-state index in [0.29, 0.717) is 12.8 Å². The van der Waals surface area contributed by atoms with Gasteiger partial charge in [0.1, 0.15) is 5.41 Å². The van der Waals surface area contributed by atoms with E-state index in [1.165, 1.54) is 28.4 Å². The zero-order valence-electron chi connectivity index (χ0n) is 13.6. The summed E-state index contributed by atoms with van der Waals surface area (Å²) in [7, 11) is 5.51. The molecule has 0 aromatic carbocycles. The first-order chi connectivity index (χ1) is 10.4. The number of hydrogen-bond donors (Lipinski definition) is 0. The molecule has 0 heterocycles. The molecule has 2 aliphatic carbocycles. The van der Waals surface area contributed by atoms with E-state index >= 15 is 0 Å². The Balaban J connectivity index is 2.72. The molecule has 2 aliphatic rings.